The summed E-state index contributed by atoms with van der Waals surface area (Å²) in [6.45, 7) is 5.75. The quantitative estimate of drug-likeness (QED) is 0.253. The average Bonchev–Trinajstić information content (AvgIpc) is 3.93. The van der Waals surface area contributed by atoms with E-state index in [1.807, 2.05) is 0 Å². The van der Waals surface area contributed by atoms with Crippen LogP contribution in [-0.4, -0.2) is 38.6 Å². The Labute approximate surface area is 282 Å². The number of epoxide rings is 2. The molecular weight excluding hydrogens is 580 g/mol. The van der Waals surface area contributed by atoms with Crippen LogP contribution in [0.1, 0.15) is 138 Å². The van der Waals surface area contributed by atoms with Gasteiger partial charge in [-0.25, -0.2) is 0 Å². The second-order valence-corrected chi connectivity index (χ2v) is 20.5. The monoisotopic (exact) mass is 638 g/mol. The van der Waals surface area contributed by atoms with Gasteiger partial charge >= 0.3 is 0 Å². The van der Waals surface area contributed by atoms with Crippen LogP contribution >= 0.6 is 0 Å². The Hall–Kier alpha value is -1.26. The maximum atomic E-state index is 7.54. The number of hydrogen-bond acceptors (Lipinski definition) is 4. The minimum Gasteiger partial charge on any atom is -0.490 e. The zero-order valence-electron chi connectivity index (χ0n) is 29.0. The normalized spacial score (nSPS) is 52.0. The summed E-state index contributed by atoms with van der Waals surface area (Å²) in [5.74, 6) is 11.0. The Morgan fingerprint density at radius 2 is 0.723 bits per heavy atom. The molecule has 2 unspecified atom stereocenters. The van der Waals surface area contributed by atoms with Gasteiger partial charge in [0, 0.05) is 32.9 Å². The maximum absolute atomic E-state index is 7.54. The summed E-state index contributed by atoms with van der Waals surface area (Å²) >= 11 is 0. The molecule has 14 fully saturated rings. The molecule has 0 amide bonds. The van der Waals surface area contributed by atoms with Gasteiger partial charge in [0.25, 0.3) is 0 Å². The third kappa shape index (κ3) is 4.31. The third-order valence-electron chi connectivity index (χ3n) is 17.0. The van der Waals surface area contributed by atoms with Crippen LogP contribution in [0.3, 0.4) is 0 Å². The van der Waals surface area contributed by atoms with Gasteiger partial charge in [0.1, 0.15) is 36.9 Å². The van der Waals surface area contributed by atoms with Gasteiger partial charge in [-0.15, -0.1) is 0 Å². The molecular formula is C43H58O4. The van der Waals surface area contributed by atoms with Crippen LogP contribution in [0, 0.1) is 60.2 Å². The van der Waals surface area contributed by atoms with Crippen LogP contribution in [0.25, 0.3) is 0 Å². The van der Waals surface area contributed by atoms with Crippen molar-refractivity contribution in [1.29, 1.82) is 0 Å². The van der Waals surface area contributed by atoms with Gasteiger partial charge in [0.05, 0.1) is 13.2 Å². The number of rotatable bonds is 9. The Morgan fingerprint density at radius 3 is 1.04 bits per heavy atom. The van der Waals surface area contributed by atoms with Gasteiger partial charge < -0.3 is 18.9 Å². The molecule has 2 atom stereocenters. The molecule has 12 aliphatic carbocycles. The van der Waals surface area contributed by atoms with Crippen molar-refractivity contribution < 1.29 is 18.9 Å². The molecule has 15 rings (SSSR count). The summed E-state index contributed by atoms with van der Waals surface area (Å²) in [5.41, 5.74) is 7.43. The van der Waals surface area contributed by atoms with Crippen LogP contribution in [-0.2, 0) is 25.7 Å². The summed E-state index contributed by atoms with van der Waals surface area (Å²) in [5, 5.41) is 0. The van der Waals surface area contributed by atoms with Crippen molar-refractivity contribution in [3.05, 3.63) is 22.3 Å². The fourth-order valence-electron chi connectivity index (χ4n) is 16.7. The number of hydrogen-bond donors (Lipinski definition) is 0. The molecule has 0 radical (unpaired) electrons. The molecule has 0 aromatic heterocycles. The predicted octanol–water partition coefficient (Wildman–Crippen LogP) is 8.95. The van der Waals surface area contributed by atoms with Gasteiger partial charge in [-0.05, 0) is 181 Å². The molecule has 12 bridgehead atoms. The van der Waals surface area contributed by atoms with Gasteiger partial charge in [0.15, 0.2) is 0 Å². The largest absolute Gasteiger partial charge is 0.490 e. The Kier molecular flexibility index (Phi) is 5.89. The van der Waals surface area contributed by atoms with E-state index in [1.54, 1.807) is 16.7 Å². The molecule has 2 aliphatic heterocycles. The maximum Gasteiger partial charge on any atom is 0.127 e. The molecule has 2 heterocycles. The van der Waals surface area contributed by atoms with Crippen LogP contribution < -0.4 is 9.47 Å². The average molecular weight is 639 g/mol. The van der Waals surface area contributed by atoms with Crippen LogP contribution in [0.4, 0.5) is 0 Å². The molecule has 2 saturated heterocycles. The van der Waals surface area contributed by atoms with Crippen LogP contribution in [0.15, 0.2) is 0 Å². The van der Waals surface area contributed by atoms with Crippen molar-refractivity contribution in [1.82, 2.24) is 0 Å². The molecule has 12 saturated carbocycles. The molecule has 4 nitrogen and oxygen atoms in total. The molecule has 254 valence electrons. The highest BCUT2D eigenvalue weighted by atomic mass is 16.6. The van der Waals surface area contributed by atoms with E-state index < -0.39 is 0 Å². The zero-order valence-corrected chi connectivity index (χ0v) is 29.0. The molecule has 4 heteroatoms. The van der Waals surface area contributed by atoms with Crippen molar-refractivity contribution >= 4 is 0 Å². The Balaban J connectivity index is 1.14. The summed E-state index contributed by atoms with van der Waals surface area (Å²) in [6.07, 6.45) is 26.6. The summed E-state index contributed by atoms with van der Waals surface area (Å²) in [4.78, 5) is 0. The lowest BCUT2D eigenvalue weighted by Gasteiger charge is -2.62. The zero-order chi connectivity index (χ0) is 30.7. The first-order chi connectivity index (χ1) is 22.9. The van der Waals surface area contributed by atoms with Gasteiger partial charge in [-0.3, -0.25) is 0 Å². The molecule has 47 heavy (non-hydrogen) atoms. The summed E-state index contributed by atoms with van der Waals surface area (Å²) in [7, 11) is 0. The predicted molar refractivity (Wildman–Crippen MR) is 181 cm³/mol. The van der Waals surface area contributed by atoms with Crippen molar-refractivity contribution in [2.45, 2.75) is 151 Å². The van der Waals surface area contributed by atoms with E-state index in [0.29, 0.717) is 0 Å². The first-order valence-electron chi connectivity index (χ1n) is 20.6. The minimum atomic E-state index is 0.268. The third-order valence-corrected chi connectivity index (χ3v) is 17.0. The first kappa shape index (κ1) is 28.4. The molecule has 14 aliphatic rings. The standard InChI is InChI=1S/C43H58O4/c1-24-36(41-11-25-2-26(12-41)4-27(3-25)13-41)40(47-23-35-21-45-35)38(43-17-31-8-32(18-43)10-33(9-31)19-43)37(39(24)46-22-34-20-44-34)42-14-28-5-29(15-42)7-30(6-28)16-42/h25-35H,2-23H2,1H3. The van der Waals surface area contributed by atoms with Crippen molar-refractivity contribution in [3.8, 4) is 11.5 Å². The number of ether oxygens (including phenoxy) is 4. The molecule has 1 aromatic rings. The topological polar surface area (TPSA) is 43.5 Å². The van der Waals surface area contributed by atoms with E-state index in [4.69, 9.17) is 18.9 Å². The van der Waals surface area contributed by atoms with E-state index in [1.165, 1.54) is 133 Å². The van der Waals surface area contributed by atoms with Gasteiger partial charge in [-0.1, -0.05) is 0 Å². The molecule has 0 spiro atoms. The van der Waals surface area contributed by atoms with E-state index in [9.17, 15) is 0 Å². The fraction of sp³-hybridized carbons (Fsp3) is 0.860. The lowest BCUT2D eigenvalue weighted by molar-refractivity contribution is -0.0213. The highest BCUT2D eigenvalue weighted by molar-refractivity contribution is 5.67. The summed E-state index contributed by atoms with van der Waals surface area (Å²) in [6, 6.07) is 0. The van der Waals surface area contributed by atoms with Crippen molar-refractivity contribution in [3.63, 3.8) is 0 Å². The molecule has 1 aromatic carbocycles. The van der Waals surface area contributed by atoms with Crippen molar-refractivity contribution in [2.75, 3.05) is 26.4 Å². The van der Waals surface area contributed by atoms with E-state index in [2.05, 4.69) is 6.92 Å². The fourth-order valence-corrected chi connectivity index (χ4v) is 16.7. The van der Waals surface area contributed by atoms with Crippen molar-refractivity contribution in [2.24, 2.45) is 53.3 Å². The first-order valence-corrected chi connectivity index (χ1v) is 20.6. The van der Waals surface area contributed by atoms with Crippen LogP contribution in [0.2, 0.25) is 0 Å². The lowest BCUT2D eigenvalue weighted by atomic mass is 9.43. The second-order valence-electron chi connectivity index (χ2n) is 20.5. The smallest absolute Gasteiger partial charge is 0.127 e. The Bertz CT molecular complexity index is 1370. The minimum absolute atomic E-state index is 0.268. The van der Waals surface area contributed by atoms with Gasteiger partial charge in [0.2, 0.25) is 0 Å². The highest BCUT2D eigenvalue weighted by Gasteiger charge is 2.61. The highest BCUT2D eigenvalue weighted by Crippen LogP contribution is 2.71. The number of benzene rings is 1. The lowest BCUT2D eigenvalue weighted by Crippen LogP contribution is -2.53. The van der Waals surface area contributed by atoms with E-state index in [-0.39, 0.29) is 28.5 Å². The van der Waals surface area contributed by atoms with E-state index >= 15 is 0 Å². The van der Waals surface area contributed by atoms with E-state index in [0.717, 1.165) is 79.7 Å². The molecule has 0 N–H and O–H groups in total. The second kappa shape index (κ2) is 9.74. The Morgan fingerprint density at radius 1 is 0.447 bits per heavy atom. The SMILES string of the molecule is Cc1c(OCC2CO2)c(C23CC4CC(CC(C4)C2)C3)c(C23CC4CC(CC(C4)C2)C3)c(OCC2CO2)c1C12CC3CC(CC(C3)C1)C2. The van der Waals surface area contributed by atoms with Gasteiger partial charge in [-0.2, -0.15) is 0 Å². The van der Waals surface area contributed by atoms with Crippen LogP contribution in [0.5, 0.6) is 11.5 Å². The summed E-state index contributed by atoms with van der Waals surface area (Å²) < 4.78 is 26.7.